The van der Waals surface area contributed by atoms with Crippen LogP contribution in [0, 0.1) is 0 Å². The van der Waals surface area contributed by atoms with Crippen molar-refractivity contribution in [2.24, 2.45) is 0 Å². The van der Waals surface area contributed by atoms with E-state index in [4.69, 9.17) is 5.73 Å². The summed E-state index contributed by atoms with van der Waals surface area (Å²) in [5.74, 6) is 0.510. The Kier molecular flexibility index (Phi) is 1.56. The molecule has 0 unspecified atom stereocenters. The normalized spacial score (nSPS) is 11.1. The molecule has 0 aliphatic heterocycles. The van der Waals surface area contributed by atoms with Crippen molar-refractivity contribution in [3.05, 3.63) is 23.4 Å². The first kappa shape index (κ1) is 7.91. The molecule has 0 radical (unpaired) electrons. The zero-order valence-corrected chi connectivity index (χ0v) is 8.85. The molecule has 3 heterocycles. The first-order chi connectivity index (χ1) is 6.86. The van der Waals surface area contributed by atoms with Crippen LogP contribution < -0.4 is 5.73 Å². The van der Waals surface area contributed by atoms with Crippen LogP contribution in [0.2, 0.25) is 0 Å². The van der Waals surface area contributed by atoms with Crippen LogP contribution in [0.1, 0.15) is 0 Å². The standard InChI is InChI=1S/C9H6N4Se/c10-9-7-8(14-4-12-7)6-5(13-9)2-1-3-11-6/h1-4H,(H2,10,13). The predicted molar refractivity (Wildman–Crippen MR) is 56.2 cm³/mol. The van der Waals surface area contributed by atoms with Gasteiger partial charge in [0.05, 0.1) is 0 Å². The van der Waals surface area contributed by atoms with E-state index in [1.165, 1.54) is 0 Å². The van der Waals surface area contributed by atoms with Crippen LogP contribution in [0.5, 0.6) is 0 Å². The number of pyridine rings is 2. The van der Waals surface area contributed by atoms with Crippen molar-refractivity contribution in [3.63, 3.8) is 0 Å². The fourth-order valence-electron chi connectivity index (χ4n) is 1.44. The molecule has 5 heteroatoms. The van der Waals surface area contributed by atoms with Gasteiger partial charge in [-0.25, -0.2) is 0 Å². The van der Waals surface area contributed by atoms with Gasteiger partial charge in [-0.2, -0.15) is 0 Å². The topological polar surface area (TPSA) is 64.7 Å². The van der Waals surface area contributed by atoms with E-state index < -0.39 is 0 Å². The second kappa shape index (κ2) is 2.77. The average Bonchev–Trinajstić information content (AvgIpc) is 2.67. The molecule has 3 rings (SSSR count). The minimum atomic E-state index is 0.249. The second-order valence-electron chi connectivity index (χ2n) is 2.90. The van der Waals surface area contributed by atoms with E-state index in [1.54, 1.807) is 6.20 Å². The number of anilines is 1. The van der Waals surface area contributed by atoms with E-state index in [1.807, 2.05) is 17.2 Å². The molecule has 0 fully saturated rings. The fourth-order valence-corrected chi connectivity index (χ4v) is 3.12. The number of aromatic nitrogens is 3. The van der Waals surface area contributed by atoms with Gasteiger partial charge in [-0.1, -0.05) is 0 Å². The molecule has 0 saturated heterocycles. The molecule has 14 heavy (non-hydrogen) atoms. The van der Waals surface area contributed by atoms with Gasteiger partial charge in [0, 0.05) is 0 Å². The van der Waals surface area contributed by atoms with Gasteiger partial charge in [0.15, 0.2) is 0 Å². The van der Waals surface area contributed by atoms with E-state index in [9.17, 15) is 0 Å². The summed E-state index contributed by atoms with van der Waals surface area (Å²) in [4.78, 5) is 12.8. The monoisotopic (exact) mass is 250 g/mol. The SMILES string of the molecule is Nc1nc2cccnc2c2[se]cnc12. The van der Waals surface area contributed by atoms with Crippen molar-refractivity contribution in [2.45, 2.75) is 0 Å². The van der Waals surface area contributed by atoms with Gasteiger partial charge in [-0.3, -0.25) is 0 Å². The zero-order chi connectivity index (χ0) is 9.54. The summed E-state index contributed by atoms with van der Waals surface area (Å²) in [6.45, 7) is 0. The third-order valence-electron chi connectivity index (χ3n) is 2.05. The van der Waals surface area contributed by atoms with Gasteiger partial charge in [-0.05, 0) is 0 Å². The number of nitrogen functional groups attached to an aromatic ring is 1. The Bertz CT molecular complexity index is 616. The molecule has 4 nitrogen and oxygen atoms in total. The van der Waals surface area contributed by atoms with E-state index in [0.29, 0.717) is 5.82 Å². The van der Waals surface area contributed by atoms with Gasteiger partial charge in [0.25, 0.3) is 0 Å². The number of hydrogen-bond acceptors (Lipinski definition) is 4. The van der Waals surface area contributed by atoms with Crippen LogP contribution in [-0.4, -0.2) is 29.5 Å². The molecule has 3 aromatic rings. The third-order valence-corrected chi connectivity index (χ3v) is 3.80. The van der Waals surface area contributed by atoms with E-state index in [0.717, 1.165) is 20.8 Å². The first-order valence-electron chi connectivity index (χ1n) is 4.09. The zero-order valence-electron chi connectivity index (χ0n) is 7.14. The van der Waals surface area contributed by atoms with Crippen molar-refractivity contribution >= 4 is 41.1 Å². The number of hydrogen-bond donors (Lipinski definition) is 1. The van der Waals surface area contributed by atoms with E-state index >= 15 is 0 Å². The Balaban J connectivity index is 2.66. The molecule has 68 valence electrons. The predicted octanol–water partition coefficient (Wildman–Crippen LogP) is 0.817. The number of rotatable bonds is 0. The van der Waals surface area contributed by atoms with Gasteiger partial charge in [0.2, 0.25) is 0 Å². The summed E-state index contributed by atoms with van der Waals surface area (Å²) in [7, 11) is 0. The molecule has 0 spiro atoms. The van der Waals surface area contributed by atoms with E-state index in [2.05, 4.69) is 15.0 Å². The van der Waals surface area contributed by atoms with Crippen LogP contribution >= 0.6 is 0 Å². The van der Waals surface area contributed by atoms with Gasteiger partial charge in [0.1, 0.15) is 0 Å². The molecular formula is C9H6N4Se. The Morgan fingerprint density at radius 3 is 3.07 bits per heavy atom. The van der Waals surface area contributed by atoms with Crippen LogP contribution in [0.3, 0.4) is 0 Å². The van der Waals surface area contributed by atoms with Crippen molar-refractivity contribution in [1.82, 2.24) is 15.0 Å². The Morgan fingerprint density at radius 2 is 2.14 bits per heavy atom. The van der Waals surface area contributed by atoms with Crippen LogP contribution in [-0.2, 0) is 0 Å². The molecule has 0 bridgehead atoms. The summed E-state index contributed by atoms with van der Waals surface area (Å²) in [6, 6.07) is 3.79. The van der Waals surface area contributed by atoms with Crippen molar-refractivity contribution in [1.29, 1.82) is 0 Å². The van der Waals surface area contributed by atoms with Crippen LogP contribution in [0.4, 0.5) is 5.82 Å². The first-order valence-corrected chi connectivity index (χ1v) is 5.94. The summed E-state index contributed by atoms with van der Waals surface area (Å²) in [5.41, 5.74) is 8.41. The Hall–Kier alpha value is -1.45. The minimum absolute atomic E-state index is 0.249. The molecule has 2 N–H and O–H groups in total. The molecule has 0 aromatic carbocycles. The number of nitrogens with two attached hydrogens (primary N) is 1. The maximum absolute atomic E-state index is 5.80. The van der Waals surface area contributed by atoms with Gasteiger partial charge < -0.3 is 0 Å². The third kappa shape index (κ3) is 0.967. The van der Waals surface area contributed by atoms with Crippen molar-refractivity contribution in [2.75, 3.05) is 5.73 Å². The van der Waals surface area contributed by atoms with Crippen LogP contribution in [0.15, 0.2) is 23.4 Å². The molecule has 3 aromatic heterocycles. The van der Waals surface area contributed by atoms with Gasteiger partial charge in [-0.15, -0.1) is 0 Å². The Morgan fingerprint density at radius 1 is 1.21 bits per heavy atom. The van der Waals surface area contributed by atoms with Crippen molar-refractivity contribution in [3.8, 4) is 0 Å². The molecule has 0 atom stereocenters. The van der Waals surface area contributed by atoms with Crippen molar-refractivity contribution < 1.29 is 0 Å². The summed E-state index contributed by atoms with van der Waals surface area (Å²) < 4.78 is 1.15. The average molecular weight is 249 g/mol. The quantitative estimate of drug-likeness (QED) is 0.599. The molecule has 0 saturated carbocycles. The van der Waals surface area contributed by atoms with Crippen LogP contribution in [0.25, 0.3) is 20.8 Å². The molecule has 0 aliphatic carbocycles. The van der Waals surface area contributed by atoms with Gasteiger partial charge >= 0.3 is 85.2 Å². The number of fused-ring (bicyclic) bond motifs is 3. The maximum atomic E-state index is 5.80. The molecular weight excluding hydrogens is 243 g/mol. The summed E-state index contributed by atoms with van der Waals surface area (Å²) in [6.07, 6.45) is 1.77. The second-order valence-corrected chi connectivity index (χ2v) is 4.69. The molecule has 0 aliphatic rings. The fraction of sp³-hybridized carbons (Fsp3) is 0. The number of nitrogens with zero attached hydrogens (tertiary/aromatic N) is 3. The molecule has 0 amide bonds. The Labute approximate surface area is 85.6 Å². The summed E-state index contributed by atoms with van der Waals surface area (Å²) >= 11 is 0.249. The summed E-state index contributed by atoms with van der Waals surface area (Å²) in [5, 5.41) is 1.91. The van der Waals surface area contributed by atoms with E-state index in [-0.39, 0.29) is 14.5 Å².